The molecule has 2 nitrogen and oxygen atoms in total. The van der Waals surface area contributed by atoms with E-state index >= 15 is 0 Å². The van der Waals surface area contributed by atoms with Gasteiger partial charge in [-0.3, -0.25) is 0 Å². The maximum absolute atomic E-state index is 6.02. The molecule has 18 heavy (non-hydrogen) atoms. The second kappa shape index (κ2) is 6.96. The van der Waals surface area contributed by atoms with Crippen LogP contribution in [0.1, 0.15) is 46.0 Å². The predicted octanol–water partition coefficient (Wildman–Crippen LogP) is 3.16. The molecule has 0 saturated carbocycles. The number of hydrogen-bond donors (Lipinski definition) is 0. The van der Waals surface area contributed by atoms with Gasteiger partial charge in [0.05, 0.1) is 12.2 Å². The number of rotatable bonds is 6. The van der Waals surface area contributed by atoms with E-state index < -0.39 is 0 Å². The Labute approximate surface area is 111 Å². The molecular weight excluding hydrogens is 223 g/mol. The van der Waals surface area contributed by atoms with Crippen molar-refractivity contribution in [2.75, 3.05) is 0 Å². The van der Waals surface area contributed by atoms with Gasteiger partial charge in [-0.1, -0.05) is 62.9 Å². The van der Waals surface area contributed by atoms with Crippen LogP contribution in [-0.4, -0.2) is 19.3 Å². The van der Waals surface area contributed by atoms with E-state index in [1.165, 1.54) is 25.7 Å². The van der Waals surface area contributed by atoms with Gasteiger partial charge in [0.1, 0.15) is 0 Å². The molecule has 1 heterocycles. The van der Waals surface area contributed by atoms with Crippen LogP contribution < -0.4 is 5.46 Å². The molecule has 0 radical (unpaired) electrons. The molecule has 1 aromatic carbocycles. The van der Waals surface area contributed by atoms with Crippen molar-refractivity contribution in [1.82, 2.24) is 0 Å². The van der Waals surface area contributed by atoms with E-state index in [-0.39, 0.29) is 19.3 Å². The molecule has 1 aliphatic rings. The topological polar surface area (TPSA) is 18.5 Å². The summed E-state index contributed by atoms with van der Waals surface area (Å²) in [6, 6.07) is 10.2. The lowest BCUT2D eigenvalue weighted by atomic mass is 9.79. The zero-order chi connectivity index (χ0) is 12.8. The van der Waals surface area contributed by atoms with Crippen molar-refractivity contribution >= 4 is 12.6 Å². The van der Waals surface area contributed by atoms with Crippen molar-refractivity contribution in [3.8, 4) is 0 Å². The van der Waals surface area contributed by atoms with E-state index in [1.54, 1.807) is 0 Å². The second-order valence-corrected chi connectivity index (χ2v) is 5.11. The minimum Gasteiger partial charge on any atom is -0.402 e. The average Bonchev–Trinajstić information content (AvgIpc) is 2.77. The molecule has 0 N–H and O–H groups in total. The van der Waals surface area contributed by atoms with Gasteiger partial charge in [0, 0.05) is 0 Å². The molecule has 1 aliphatic heterocycles. The number of benzene rings is 1. The smallest absolute Gasteiger partial charge is 0.402 e. The van der Waals surface area contributed by atoms with E-state index in [0.717, 1.165) is 11.9 Å². The van der Waals surface area contributed by atoms with E-state index in [9.17, 15) is 0 Å². The third-order valence-electron chi connectivity index (χ3n) is 3.57. The van der Waals surface area contributed by atoms with Crippen LogP contribution in [0.25, 0.3) is 0 Å². The lowest BCUT2D eigenvalue weighted by Gasteiger charge is -2.13. The van der Waals surface area contributed by atoms with E-state index in [0.29, 0.717) is 0 Å². The Balaban J connectivity index is 1.81. The van der Waals surface area contributed by atoms with Gasteiger partial charge in [0.15, 0.2) is 0 Å². The molecule has 1 saturated heterocycles. The van der Waals surface area contributed by atoms with Gasteiger partial charge in [-0.25, -0.2) is 0 Å². The first-order chi connectivity index (χ1) is 8.81. The van der Waals surface area contributed by atoms with Crippen LogP contribution in [-0.2, 0) is 9.31 Å². The van der Waals surface area contributed by atoms with Crippen molar-refractivity contribution in [1.29, 1.82) is 0 Å². The molecule has 0 amide bonds. The van der Waals surface area contributed by atoms with Gasteiger partial charge in [-0.2, -0.15) is 0 Å². The molecule has 2 atom stereocenters. The zero-order valence-electron chi connectivity index (χ0n) is 11.5. The normalized spacial score (nSPS) is 23.6. The minimum absolute atomic E-state index is 0.169. The number of hydrogen-bond acceptors (Lipinski definition) is 2. The largest absolute Gasteiger partial charge is 0.494 e. The highest BCUT2D eigenvalue weighted by atomic mass is 16.7. The Morgan fingerprint density at radius 2 is 1.83 bits per heavy atom. The van der Waals surface area contributed by atoms with Gasteiger partial charge in [0.25, 0.3) is 0 Å². The maximum Gasteiger partial charge on any atom is 0.494 e. The third-order valence-corrected chi connectivity index (χ3v) is 3.57. The monoisotopic (exact) mass is 246 g/mol. The van der Waals surface area contributed by atoms with Crippen molar-refractivity contribution in [2.45, 2.75) is 58.2 Å². The Hall–Kier alpha value is -0.795. The minimum atomic E-state index is -0.169. The molecule has 2 unspecified atom stereocenters. The van der Waals surface area contributed by atoms with Crippen LogP contribution in [0, 0.1) is 0 Å². The molecule has 1 aromatic rings. The van der Waals surface area contributed by atoms with Crippen LogP contribution in [0.15, 0.2) is 30.3 Å². The third kappa shape index (κ3) is 3.60. The fourth-order valence-electron chi connectivity index (χ4n) is 2.43. The first-order valence-electron chi connectivity index (χ1n) is 7.17. The van der Waals surface area contributed by atoms with Crippen LogP contribution >= 0.6 is 0 Å². The van der Waals surface area contributed by atoms with Crippen LogP contribution in [0.3, 0.4) is 0 Å². The van der Waals surface area contributed by atoms with Gasteiger partial charge >= 0.3 is 7.12 Å². The summed E-state index contributed by atoms with van der Waals surface area (Å²) < 4.78 is 11.9. The molecule has 0 bridgehead atoms. The summed E-state index contributed by atoms with van der Waals surface area (Å²) in [6.07, 6.45) is 6.73. The highest BCUT2D eigenvalue weighted by molar-refractivity contribution is 6.61. The van der Waals surface area contributed by atoms with Crippen molar-refractivity contribution in [3.05, 3.63) is 30.3 Å². The summed E-state index contributed by atoms with van der Waals surface area (Å²) in [7, 11) is -0.169. The molecule has 98 valence electrons. The summed E-state index contributed by atoms with van der Waals surface area (Å²) in [6.45, 7) is 4.36. The molecule has 0 spiro atoms. The van der Waals surface area contributed by atoms with Crippen LogP contribution in [0.2, 0.25) is 0 Å². The van der Waals surface area contributed by atoms with E-state index in [2.05, 4.69) is 26.0 Å². The Bertz CT molecular complexity index is 342. The molecular formula is C15H23BO2. The van der Waals surface area contributed by atoms with E-state index in [1.807, 2.05) is 18.2 Å². The SMILES string of the molecule is CCCCCCC1OB(c2ccccc2)OC1C. The quantitative estimate of drug-likeness (QED) is 0.567. The lowest BCUT2D eigenvalue weighted by molar-refractivity contribution is 0.158. The highest BCUT2D eigenvalue weighted by Gasteiger charge is 2.37. The fraction of sp³-hybridized carbons (Fsp3) is 0.600. The standard InChI is InChI=1S/C15H23BO2/c1-3-4-5-9-12-15-13(2)17-16(18-15)14-10-7-6-8-11-14/h6-8,10-11,13,15H,3-5,9,12H2,1-2H3. The molecule has 3 heteroatoms. The Morgan fingerprint density at radius 3 is 2.56 bits per heavy atom. The average molecular weight is 246 g/mol. The fourth-order valence-corrected chi connectivity index (χ4v) is 2.43. The Morgan fingerprint density at radius 1 is 1.06 bits per heavy atom. The summed E-state index contributed by atoms with van der Waals surface area (Å²) in [5.41, 5.74) is 1.13. The van der Waals surface area contributed by atoms with Gasteiger partial charge in [-0.15, -0.1) is 0 Å². The van der Waals surface area contributed by atoms with Gasteiger partial charge in [0.2, 0.25) is 0 Å². The van der Waals surface area contributed by atoms with Gasteiger partial charge in [-0.05, 0) is 18.8 Å². The zero-order valence-corrected chi connectivity index (χ0v) is 11.5. The summed E-state index contributed by atoms with van der Waals surface area (Å²) >= 11 is 0. The number of unbranched alkanes of at least 4 members (excludes halogenated alkanes) is 3. The molecule has 2 rings (SSSR count). The van der Waals surface area contributed by atoms with Crippen molar-refractivity contribution in [3.63, 3.8) is 0 Å². The summed E-state index contributed by atoms with van der Waals surface area (Å²) in [5, 5.41) is 0. The summed E-state index contributed by atoms with van der Waals surface area (Å²) in [4.78, 5) is 0. The summed E-state index contributed by atoms with van der Waals surface area (Å²) in [5.74, 6) is 0. The van der Waals surface area contributed by atoms with Crippen LogP contribution in [0.5, 0.6) is 0 Å². The molecule has 0 aromatic heterocycles. The lowest BCUT2D eigenvalue weighted by Crippen LogP contribution is -2.32. The molecule has 0 aliphatic carbocycles. The predicted molar refractivity (Wildman–Crippen MR) is 76.0 cm³/mol. The highest BCUT2D eigenvalue weighted by Crippen LogP contribution is 2.21. The Kier molecular flexibility index (Phi) is 5.27. The first kappa shape index (κ1) is 13.6. The van der Waals surface area contributed by atoms with Crippen molar-refractivity contribution < 1.29 is 9.31 Å². The maximum atomic E-state index is 6.02. The first-order valence-corrected chi connectivity index (χ1v) is 7.17. The van der Waals surface area contributed by atoms with Gasteiger partial charge < -0.3 is 9.31 Å². The van der Waals surface area contributed by atoms with E-state index in [4.69, 9.17) is 9.31 Å². The van der Waals surface area contributed by atoms with Crippen molar-refractivity contribution in [2.24, 2.45) is 0 Å². The second-order valence-electron chi connectivity index (χ2n) is 5.11. The van der Waals surface area contributed by atoms with Crippen LogP contribution in [0.4, 0.5) is 0 Å². The molecule has 1 fully saturated rings.